The summed E-state index contributed by atoms with van der Waals surface area (Å²) < 4.78 is 0. The number of hydrogen-bond acceptors (Lipinski definition) is 6. The Hall–Kier alpha value is -0.820. The second-order valence-electron chi connectivity index (χ2n) is 7.59. The van der Waals surface area contributed by atoms with Gasteiger partial charge in [-0.25, -0.2) is 0 Å². The lowest BCUT2D eigenvalue weighted by molar-refractivity contribution is -0.0987. The SMILES string of the molecule is C=O.C=O.CN1CCN(C)CC1.CN1CCN(C2CCCCCC2)CC1. The minimum absolute atomic E-state index is 0.922. The van der Waals surface area contributed by atoms with E-state index in [2.05, 4.69) is 40.7 Å². The predicted molar refractivity (Wildman–Crippen MR) is 110 cm³/mol. The van der Waals surface area contributed by atoms with Crippen LogP contribution < -0.4 is 0 Å². The van der Waals surface area contributed by atoms with Crippen LogP contribution in [0.1, 0.15) is 38.5 Å². The highest BCUT2D eigenvalue weighted by Crippen LogP contribution is 2.22. The van der Waals surface area contributed by atoms with Gasteiger partial charge in [-0.2, -0.15) is 0 Å². The zero-order chi connectivity index (χ0) is 19.8. The fraction of sp³-hybridized carbons (Fsp3) is 0.900. The number of rotatable bonds is 1. The van der Waals surface area contributed by atoms with Crippen LogP contribution in [0.2, 0.25) is 0 Å². The van der Waals surface area contributed by atoms with Crippen molar-refractivity contribution in [2.45, 2.75) is 44.6 Å². The molecule has 3 fully saturated rings. The van der Waals surface area contributed by atoms with Crippen LogP contribution in [0.5, 0.6) is 0 Å². The average molecular weight is 371 g/mol. The van der Waals surface area contributed by atoms with Crippen molar-refractivity contribution >= 4 is 13.6 Å². The fourth-order valence-electron chi connectivity index (χ4n) is 3.72. The molecule has 3 aliphatic rings. The van der Waals surface area contributed by atoms with Crippen LogP contribution in [0.3, 0.4) is 0 Å². The molecular weight excluding hydrogens is 328 g/mol. The van der Waals surface area contributed by atoms with Gasteiger partial charge in [-0.15, -0.1) is 0 Å². The maximum Gasteiger partial charge on any atom is 0.106 e. The third-order valence-corrected chi connectivity index (χ3v) is 5.61. The van der Waals surface area contributed by atoms with Crippen LogP contribution in [0.25, 0.3) is 0 Å². The molecule has 0 spiro atoms. The summed E-state index contributed by atoms with van der Waals surface area (Å²) in [6, 6.07) is 0.922. The van der Waals surface area contributed by atoms with Crippen molar-refractivity contribution in [3.63, 3.8) is 0 Å². The molecule has 6 heteroatoms. The van der Waals surface area contributed by atoms with Gasteiger partial charge in [-0.3, -0.25) is 4.90 Å². The summed E-state index contributed by atoms with van der Waals surface area (Å²) in [6.45, 7) is 14.1. The van der Waals surface area contributed by atoms with Gasteiger partial charge in [0.2, 0.25) is 0 Å². The van der Waals surface area contributed by atoms with Crippen LogP contribution in [0, 0.1) is 0 Å². The molecule has 0 atom stereocenters. The summed E-state index contributed by atoms with van der Waals surface area (Å²) in [5, 5.41) is 0. The van der Waals surface area contributed by atoms with Gasteiger partial charge in [0.05, 0.1) is 0 Å². The smallest absolute Gasteiger partial charge is 0.106 e. The van der Waals surface area contributed by atoms with E-state index >= 15 is 0 Å². The molecule has 0 amide bonds. The van der Waals surface area contributed by atoms with E-state index in [1.165, 1.54) is 90.9 Å². The molecule has 0 bridgehead atoms. The Balaban J connectivity index is 0.000000444. The minimum atomic E-state index is 0.922. The van der Waals surface area contributed by atoms with Crippen molar-refractivity contribution < 1.29 is 9.59 Å². The lowest BCUT2D eigenvalue weighted by Crippen LogP contribution is -2.48. The standard InChI is InChI=1S/C12H24N2.C6H14N2.2CH2O/c1-13-8-10-14(11-9-13)12-6-4-2-3-5-7-12;1-7-3-5-8(2)6-4-7;2*1-2/h12H,2-11H2,1H3;3-6H2,1-2H3;2*1H2. The molecule has 0 N–H and O–H groups in total. The summed E-state index contributed by atoms with van der Waals surface area (Å²) in [7, 11) is 6.59. The average Bonchev–Trinajstić information content (AvgIpc) is 2.98. The maximum atomic E-state index is 8.00. The van der Waals surface area contributed by atoms with Gasteiger partial charge >= 0.3 is 0 Å². The van der Waals surface area contributed by atoms with Crippen molar-refractivity contribution in [3.05, 3.63) is 0 Å². The van der Waals surface area contributed by atoms with E-state index in [9.17, 15) is 0 Å². The van der Waals surface area contributed by atoms with E-state index in [1.54, 1.807) is 0 Å². The third kappa shape index (κ3) is 11.0. The molecule has 0 aromatic rings. The van der Waals surface area contributed by atoms with Crippen molar-refractivity contribution in [1.82, 2.24) is 19.6 Å². The lowest BCUT2D eigenvalue weighted by atomic mass is 10.1. The molecule has 154 valence electrons. The Morgan fingerprint density at radius 3 is 1.19 bits per heavy atom. The molecule has 2 heterocycles. The Bertz CT molecular complexity index is 297. The van der Waals surface area contributed by atoms with Crippen LogP contribution in [-0.2, 0) is 9.59 Å². The number of nitrogens with zero attached hydrogens (tertiary/aromatic N) is 4. The maximum absolute atomic E-state index is 8.00. The third-order valence-electron chi connectivity index (χ3n) is 5.61. The molecule has 1 aliphatic carbocycles. The van der Waals surface area contributed by atoms with Gasteiger partial charge in [-0.05, 0) is 34.0 Å². The number of likely N-dealkylation sites (N-methyl/N-ethyl adjacent to an activating group) is 3. The van der Waals surface area contributed by atoms with Gasteiger partial charge in [0.1, 0.15) is 13.6 Å². The van der Waals surface area contributed by atoms with E-state index in [0.717, 1.165) is 6.04 Å². The van der Waals surface area contributed by atoms with Crippen molar-refractivity contribution in [1.29, 1.82) is 0 Å². The zero-order valence-electron chi connectivity index (χ0n) is 17.5. The number of carbonyl (C=O) groups is 2. The van der Waals surface area contributed by atoms with Gasteiger partial charge in [0.15, 0.2) is 0 Å². The summed E-state index contributed by atoms with van der Waals surface area (Å²) in [6.07, 6.45) is 8.82. The first-order chi connectivity index (χ1) is 12.6. The molecule has 2 saturated heterocycles. The van der Waals surface area contributed by atoms with Crippen molar-refractivity contribution in [3.8, 4) is 0 Å². The molecule has 3 rings (SSSR count). The normalized spacial score (nSPS) is 24.0. The first-order valence-corrected chi connectivity index (χ1v) is 10.0. The first-order valence-electron chi connectivity index (χ1n) is 10.0. The second kappa shape index (κ2) is 16.4. The minimum Gasteiger partial charge on any atom is -0.307 e. The van der Waals surface area contributed by atoms with Gasteiger partial charge < -0.3 is 24.3 Å². The Morgan fingerprint density at radius 1 is 0.538 bits per heavy atom. The molecule has 0 aromatic carbocycles. The van der Waals surface area contributed by atoms with Crippen molar-refractivity contribution in [2.24, 2.45) is 0 Å². The Kier molecular flexibility index (Phi) is 15.8. The van der Waals surface area contributed by atoms with E-state index in [4.69, 9.17) is 9.59 Å². The molecule has 0 unspecified atom stereocenters. The molecule has 6 nitrogen and oxygen atoms in total. The number of carbonyl (C=O) groups excluding carboxylic acids is 2. The highest BCUT2D eigenvalue weighted by molar-refractivity contribution is 5.11. The highest BCUT2D eigenvalue weighted by Gasteiger charge is 2.22. The predicted octanol–water partition coefficient (Wildman–Crippen LogP) is 1.45. The molecule has 2 aliphatic heterocycles. The van der Waals surface area contributed by atoms with Crippen LogP contribution in [0.4, 0.5) is 0 Å². The Labute approximate surface area is 161 Å². The summed E-state index contributed by atoms with van der Waals surface area (Å²) in [4.78, 5) is 25.9. The van der Waals surface area contributed by atoms with Gasteiger partial charge in [0.25, 0.3) is 0 Å². The van der Waals surface area contributed by atoms with Gasteiger partial charge in [0, 0.05) is 58.4 Å². The van der Waals surface area contributed by atoms with Gasteiger partial charge in [-0.1, -0.05) is 25.7 Å². The van der Waals surface area contributed by atoms with E-state index in [-0.39, 0.29) is 0 Å². The first kappa shape index (κ1) is 25.2. The molecule has 0 aromatic heterocycles. The highest BCUT2D eigenvalue weighted by atomic mass is 16.1. The monoisotopic (exact) mass is 370 g/mol. The molecule has 26 heavy (non-hydrogen) atoms. The second-order valence-corrected chi connectivity index (χ2v) is 7.59. The topological polar surface area (TPSA) is 47.1 Å². The summed E-state index contributed by atoms with van der Waals surface area (Å²) >= 11 is 0. The largest absolute Gasteiger partial charge is 0.307 e. The molecular formula is C20H42N4O2. The molecule has 1 saturated carbocycles. The van der Waals surface area contributed by atoms with Crippen molar-refractivity contribution in [2.75, 3.05) is 73.5 Å². The fourth-order valence-corrected chi connectivity index (χ4v) is 3.72. The number of hydrogen-bond donors (Lipinski definition) is 0. The summed E-state index contributed by atoms with van der Waals surface area (Å²) in [5.74, 6) is 0. The van der Waals surface area contributed by atoms with E-state index < -0.39 is 0 Å². The molecule has 0 radical (unpaired) electrons. The summed E-state index contributed by atoms with van der Waals surface area (Å²) in [5.41, 5.74) is 0. The van der Waals surface area contributed by atoms with Crippen LogP contribution in [-0.4, -0.2) is 113 Å². The lowest BCUT2D eigenvalue weighted by Gasteiger charge is -2.37. The van der Waals surface area contributed by atoms with E-state index in [0.29, 0.717) is 0 Å². The van der Waals surface area contributed by atoms with Crippen LogP contribution >= 0.6 is 0 Å². The Morgan fingerprint density at radius 2 is 0.846 bits per heavy atom. The van der Waals surface area contributed by atoms with E-state index in [1.807, 2.05) is 13.6 Å². The van der Waals surface area contributed by atoms with Crippen LogP contribution in [0.15, 0.2) is 0 Å². The number of piperazine rings is 2. The zero-order valence-corrected chi connectivity index (χ0v) is 17.5. The quantitative estimate of drug-likeness (QED) is 0.651.